The molecular weight excluding hydrogens is 484 g/mol. The molecule has 3 aliphatic rings. The fourth-order valence-electron chi connectivity index (χ4n) is 4.90. The molecule has 156 valence electrons. The predicted octanol–water partition coefficient (Wildman–Crippen LogP) is 3.72. The summed E-state index contributed by atoms with van der Waals surface area (Å²) in [5.41, 5.74) is 1.70. The molecule has 0 N–H and O–H groups in total. The summed E-state index contributed by atoms with van der Waals surface area (Å²) in [6, 6.07) is 10.5. The van der Waals surface area contributed by atoms with Crippen molar-refractivity contribution >= 4 is 51.1 Å². The topological polar surface area (TPSA) is 84.7 Å². The van der Waals surface area contributed by atoms with Crippen molar-refractivity contribution in [3.63, 3.8) is 0 Å². The number of piperazine rings is 1. The van der Waals surface area contributed by atoms with Crippen LogP contribution in [0.15, 0.2) is 40.9 Å². The first-order valence-electron chi connectivity index (χ1n) is 9.75. The molecule has 0 radical (unpaired) electrons. The molecule has 9 heteroatoms. The van der Waals surface area contributed by atoms with E-state index in [0.717, 1.165) is 9.37 Å². The van der Waals surface area contributed by atoms with Gasteiger partial charge < -0.3 is 9.80 Å². The van der Waals surface area contributed by atoms with Crippen molar-refractivity contribution in [2.75, 3.05) is 11.4 Å². The molecule has 3 fully saturated rings. The second-order valence-electron chi connectivity index (χ2n) is 7.92. The zero-order valence-corrected chi connectivity index (χ0v) is 18.7. The van der Waals surface area contributed by atoms with Crippen LogP contribution >= 0.6 is 27.5 Å². The quantitative estimate of drug-likeness (QED) is 0.590. The van der Waals surface area contributed by atoms with Gasteiger partial charge in [0.1, 0.15) is 12.1 Å². The van der Waals surface area contributed by atoms with E-state index in [1.807, 2.05) is 12.1 Å². The smallest absolute Gasteiger partial charge is 0.331 e. The molecule has 0 spiro atoms. The Kier molecular flexibility index (Phi) is 4.57. The summed E-state index contributed by atoms with van der Waals surface area (Å²) < 4.78 is 0.802. The SMILES string of the molecule is Cc1c(N2C(=O)[C@H]3C4C[C@H](CN4C(=O)c4cccc(Br)c4)N3C2=O)ccc(C#N)c1Cl. The van der Waals surface area contributed by atoms with Crippen LogP contribution in [-0.4, -0.2) is 52.3 Å². The molecule has 2 aromatic rings. The monoisotopic (exact) mass is 498 g/mol. The van der Waals surface area contributed by atoms with Crippen LogP contribution in [0, 0.1) is 18.3 Å². The van der Waals surface area contributed by atoms with E-state index in [-0.39, 0.29) is 34.5 Å². The molecule has 7 nitrogen and oxygen atoms in total. The van der Waals surface area contributed by atoms with Crippen LogP contribution in [0.2, 0.25) is 5.02 Å². The summed E-state index contributed by atoms with van der Waals surface area (Å²) in [5, 5.41) is 9.40. The Morgan fingerprint density at radius 1 is 1.26 bits per heavy atom. The van der Waals surface area contributed by atoms with Crippen LogP contribution in [0.25, 0.3) is 0 Å². The molecule has 0 aliphatic carbocycles. The van der Waals surface area contributed by atoms with Gasteiger partial charge in [-0.1, -0.05) is 33.6 Å². The first-order chi connectivity index (χ1) is 14.8. The van der Waals surface area contributed by atoms with E-state index in [2.05, 4.69) is 15.9 Å². The van der Waals surface area contributed by atoms with E-state index in [0.29, 0.717) is 29.8 Å². The minimum atomic E-state index is -0.712. The van der Waals surface area contributed by atoms with Gasteiger partial charge in [-0.15, -0.1) is 0 Å². The van der Waals surface area contributed by atoms with Crippen molar-refractivity contribution in [1.82, 2.24) is 9.80 Å². The number of hydrogen-bond donors (Lipinski definition) is 0. The molecule has 5 rings (SSSR count). The highest BCUT2D eigenvalue weighted by molar-refractivity contribution is 9.10. The Bertz CT molecular complexity index is 1210. The van der Waals surface area contributed by atoms with Gasteiger partial charge in [0.25, 0.3) is 11.8 Å². The average molecular weight is 500 g/mol. The summed E-state index contributed by atoms with van der Waals surface area (Å²) in [6.45, 7) is 2.08. The van der Waals surface area contributed by atoms with Crippen LogP contribution in [0.4, 0.5) is 10.5 Å². The van der Waals surface area contributed by atoms with Crippen molar-refractivity contribution in [2.45, 2.75) is 31.5 Å². The summed E-state index contributed by atoms with van der Waals surface area (Å²) in [5.74, 6) is -0.516. The lowest BCUT2D eigenvalue weighted by atomic mass is 10.1. The predicted molar refractivity (Wildman–Crippen MR) is 117 cm³/mol. The zero-order valence-electron chi connectivity index (χ0n) is 16.4. The molecule has 3 heterocycles. The number of benzene rings is 2. The van der Waals surface area contributed by atoms with Crippen LogP contribution in [-0.2, 0) is 4.79 Å². The zero-order chi connectivity index (χ0) is 22.0. The van der Waals surface area contributed by atoms with Crippen molar-refractivity contribution in [2.24, 2.45) is 0 Å². The van der Waals surface area contributed by atoms with Crippen LogP contribution in [0.5, 0.6) is 0 Å². The number of nitrogens with zero attached hydrogens (tertiary/aromatic N) is 4. The highest BCUT2D eigenvalue weighted by Gasteiger charge is 2.63. The van der Waals surface area contributed by atoms with Gasteiger partial charge in [-0.3, -0.25) is 9.59 Å². The molecule has 3 atom stereocenters. The van der Waals surface area contributed by atoms with Gasteiger partial charge >= 0.3 is 6.03 Å². The fraction of sp³-hybridized carbons (Fsp3) is 0.273. The van der Waals surface area contributed by atoms with Gasteiger partial charge in [0, 0.05) is 16.6 Å². The van der Waals surface area contributed by atoms with Gasteiger partial charge in [-0.25, -0.2) is 9.69 Å². The minimum Gasteiger partial charge on any atom is -0.331 e. The van der Waals surface area contributed by atoms with E-state index in [4.69, 9.17) is 11.6 Å². The van der Waals surface area contributed by atoms with E-state index in [9.17, 15) is 19.6 Å². The van der Waals surface area contributed by atoms with Gasteiger partial charge in [-0.2, -0.15) is 5.26 Å². The van der Waals surface area contributed by atoms with Gasteiger partial charge in [0.15, 0.2) is 0 Å². The van der Waals surface area contributed by atoms with Crippen molar-refractivity contribution < 1.29 is 14.4 Å². The normalized spacial score (nSPS) is 24.1. The highest BCUT2D eigenvalue weighted by Crippen LogP contribution is 2.44. The average Bonchev–Trinajstić information content (AvgIpc) is 3.41. The van der Waals surface area contributed by atoms with E-state index in [1.165, 1.54) is 6.07 Å². The summed E-state index contributed by atoms with van der Waals surface area (Å²) in [7, 11) is 0. The minimum absolute atomic E-state index is 0.148. The second-order valence-corrected chi connectivity index (χ2v) is 9.21. The third kappa shape index (κ3) is 2.80. The van der Waals surface area contributed by atoms with Crippen LogP contribution in [0.1, 0.15) is 27.9 Å². The van der Waals surface area contributed by atoms with Gasteiger partial charge in [0.2, 0.25) is 0 Å². The Morgan fingerprint density at radius 2 is 2.03 bits per heavy atom. The number of amides is 4. The maximum atomic E-state index is 13.4. The molecule has 2 bridgehead atoms. The fourth-order valence-corrected chi connectivity index (χ4v) is 5.50. The van der Waals surface area contributed by atoms with E-state index >= 15 is 0 Å². The van der Waals surface area contributed by atoms with Crippen molar-refractivity contribution in [3.8, 4) is 6.07 Å². The number of fused-ring (bicyclic) bond motifs is 5. The molecule has 31 heavy (non-hydrogen) atoms. The number of rotatable bonds is 2. The number of hydrogen-bond acceptors (Lipinski definition) is 4. The highest BCUT2D eigenvalue weighted by atomic mass is 79.9. The number of urea groups is 1. The second kappa shape index (κ2) is 7.08. The number of carbonyl (C=O) groups is 3. The Labute approximate surface area is 191 Å². The summed E-state index contributed by atoms with van der Waals surface area (Å²) >= 11 is 9.65. The lowest BCUT2D eigenvalue weighted by Crippen LogP contribution is -2.54. The summed E-state index contributed by atoms with van der Waals surface area (Å²) in [6.07, 6.45) is 0.586. The number of anilines is 1. The number of halogens is 2. The standard InChI is InChI=1S/C22H16BrClN4O3/c1-11-16(6-5-13(9-25)18(11)24)28-21(30)19-17-8-15(27(19)22(28)31)10-26(17)20(29)12-3-2-4-14(23)7-12/h2-7,15,17,19H,8,10H2,1H3/t15-,17?,19-/m1/s1. The number of nitriles is 1. The van der Waals surface area contributed by atoms with Crippen LogP contribution in [0.3, 0.4) is 0 Å². The van der Waals surface area contributed by atoms with E-state index < -0.39 is 12.1 Å². The van der Waals surface area contributed by atoms with Gasteiger partial charge in [0.05, 0.1) is 28.4 Å². The van der Waals surface area contributed by atoms with Crippen molar-refractivity contribution in [1.29, 1.82) is 5.26 Å². The maximum absolute atomic E-state index is 13.4. The van der Waals surface area contributed by atoms with Crippen LogP contribution < -0.4 is 4.90 Å². The molecular formula is C22H16BrClN4O3. The molecule has 2 aromatic carbocycles. The largest absolute Gasteiger partial charge is 0.332 e. The molecule has 0 saturated carbocycles. The molecule has 1 unspecified atom stereocenters. The Hall–Kier alpha value is -2.89. The van der Waals surface area contributed by atoms with Crippen molar-refractivity contribution in [3.05, 3.63) is 62.6 Å². The molecule has 3 saturated heterocycles. The molecule has 0 aromatic heterocycles. The maximum Gasteiger partial charge on any atom is 0.332 e. The number of carbonyl (C=O) groups excluding carboxylic acids is 3. The van der Waals surface area contributed by atoms with E-state index in [1.54, 1.807) is 41.0 Å². The molecule has 3 aliphatic heterocycles. The lowest BCUT2D eigenvalue weighted by molar-refractivity contribution is -0.121. The Balaban J connectivity index is 1.47. The molecule has 4 amide bonds. The lowest BCUT2D eigenvalue weighted by Gasteiger charge is -2.35. The third-order valence-corrected chi connectivity index (χ3v) is 7.30. The number of imide groups is 1. The third-order valence-electron chi connectivity index (χ3n) is 6.32. The first-order valence-corrected chi connectivity index (χ1v) is 10.9. The summed E-state index contributed by atoms with van der Waals surface area (Å²) in [4.78, 5) is 44.1. The first kappa shape index (κ1) is 20.0. The number of likely N-dealkylation sites (tertiary alicyclic amines) is 1. The van der Waals surface area contributed by atoms with Gasteiger partial charge in [-0.05, 0) is 49.2 Å². The Morgan fingerprint density at radius 3 is 2.74 bits per heavy atom.